The summed E-state index contributed by atoms with van der Waals surface area (Å²) in [7, 11) is 0. The number of anilines is 2. The summed E-state index contributed by atoms with van der Waals surface area (Å²) < 4.78 is 2.00. The van der Waals surface area contributed by atoms with Crippen LogP contribution < -0.4 is 16.0 Å². The molecular weight excluding hydrogens is 628 g/mol. The number of pyridine rings is 1. The van der Waals surface area contributed by atoms with Crippen LogP contribution in [0.3, 0.4) is 0 Å². The minimum Gasteiger partial charge on any atom is -0.481 e. The highest BCUT2D eigenvalue weighted by Gasteiger charge is 2.28. The van der Waals surface area contributed by atoms with E-state index in [9.17, 15) is 14.7 Å². The number of rotatable bonds is 16. The number of nitrogens with zero attached hydrogens (tertiary/aromatic N) is 6. The topological polar surface area (TPSA) is 133 Å². The molecule has 270 valence electrons. The fraction of sp³-hybridized carbons (Fsp3) is 0.590. The SMILES string of the molecule is Cc1cc(C)n(-c2cc([C@H](CC(=O)O)CN3CC[C@@H](CCc4ccc5c(n4)NCCC5)C3)cc(N3CCN(CCCCCC(N)=O)CC3)c2)n1. The minimum atomic E-state index is -0.764. The molecule has 11 heteroatoms. The first-order chi connectivity index (χ1) is 24.2. The van der Waals surface area contributed by atoms with Gasteiger partial charge in [0, 0.05) is 75.2 Å². The minimum absolute atomic E-state index is 0.0940. The van der Waals surface area contributed by atoms with Gasteiger partial charge in [-0.25, -0.2) is 9.67 Å². The second-order valence-corrected chi connectivity index (χ2v) is 14.8. The van der Waals surface area contributed by atoms with Crippen molar-refractivity contribution in [2.75, 3.05) is 69.1 Å². The van der Waals surface area contributed by atoms with E-state index < -0.39 is 5.97 Å². The molecular formula is C39H56N8O3. The number of carbonyl (C=O) groups excluding carboxylic acids is 1. The highest BCUT2D eigenvalue weighted by atomic mass is 16.4. The van der Waals surface area contributed by atoms with E-state index in [1.165, 1.54) is 12.0 Å². The Balaban J connectivity index is 1.12. The fourth-order valence-corrected chi connectivity index (χ4v) is 8.07. The van der Waals surface area contributed by atoms with E-state index in [1.807, 2.05) is 11.6 Å². The van der Waals surface area contributed by atoms with Crippen molar-refractivity contribution in [2.45, 2.75) is 84.0 Å². The van der Waals surface area contributed by atoms with Crippen molar-refractivity contribution in [3.63, 3.8) is 0 Å². The molecule has 0 unspecified atom stereocenters. The smallest absolute Gasteiger partial charge is 0.304 e. The van der Waals surface area contributed by atoms with Crippen molar-refractivity contribution < 1.29 is 14.7 Å². The molecule has 0 radical (unpaired) electrons. The van der Waals surface area contributed by atoms with Crippen LogP contribution in [0, 0.1) is 19.8 Å². The Kier molecular flexibility index (Phi) is 12.1. The third kappa shape index (κ3) is 9.63. The second-order valence-electron chi connectivity index (χ2n) is 14.8. The van der Waals surface area contributed by atoms with Gasteiger partial charge in [-0.3, -0.25) is 14.5 Å². The van der Waals surface area contributed by atoms with Gasteiger partial charge in [0.25, 0.3) is 0 Å². The number of carboxylic acids is 1. The van der Waals surface area contributed by atoms with Gasteiger partial charge in [0.15, 0.2) is 0 Å². The van der Waals surface area contributed by atoms with Gasteiger partial charge >= 0.3 is 5.97 Å². The molecule has 1 aromatic carbocycles. The number of likely N-dealkylation sites (tertiary alicyclic amines) is 1. The lowest BCUT2D eigenvalue weighted by Gasteiger charge is -2.37. The summed E-state index contributed by atoms with van der Waals surface area (Å²) in [5, 5.41) is 18.4. The molecule has 0 aliphatic carbocycles. The number of aliphatic carboxylic acids is 1. The van der Waals surface area contributed by atoms with Gasteiger partial charge in [-0.1, -0.05) is 12.5 Å². The van der Waals surface area contributed by atoms with Gasteiger partial charge in [0.05, 0.1) is 17.8 Å². The van der Waals surface area contributed by atoms with Crippen molar-refractivity contribution >= 4 is 23.4 Å². The number of hydrogen-bond donors (Lipinski definition) is 3. The lowest BCUT2D eigenvalue weighted by atomic mass is 9.93. The second kappa shape index (κ2) is 16.8. The first-order valence-electron chi connectivity index (χ1n) is 18.8. The van der Waals surface area contributed by atoms with Crippen molar-refractivity contribution in [2.24, 2.45) is 11.7 Å². The summed E-state index contributed by atoms with van der Waals surface area (Å²) in [6.07, 6.45) is 8.99. The number of hydrogen-bond acceptors (Lipinski definition) is 8. The normalized spacial score (nSPS) is 18.9. The molecule has 2 saturated heterocycles. The van der Waals surface area contributed by atoms with E-state index in [2.05, 4.69) is 63.3 Å². The maximum atomic E-state index is 12.3. The number of carbonyl (C=O) groups is 2. The Morgan fingerprint density at radius 1 is 1.00 bits per heavy atom. The molecule has 5 heterocycles. The molecule has 1 amide bonds. The van der Waals surface area contributed by atoms with Gasteiger partial charge in [-0.05, 0) is 119 Å². The number of nitrogens with one attached hydrogen (secondary N) is 1. The molecule has 2 aromatic heterocycles. The van der Waals surface area contributed by atoms with Crippen LogP contribution >= 0.6 is 0 Å². The maximum Gasteiger partial charge on any atom is 0.304 e. The van der Waals surface area contributed by atoms with Gasteiger partial charge in [-0.2, -0.15) is 5.10 Å². The molecule has 50 heavy (non-hydrogen) atoms. The van der Waals surface area contributed by atoms with Crippen LogP contribution in [-0.4, -0.2) is 100 Å². The summed E-state index contributed by atoms with van der Waals surface area (Å²) in [4.78, 5) is 35.7. The Labute approximate surface area is 297 Å². The van der Waals surface area contributed by atoms with Crippen LogP contribution in [0.1, 0.15) is 85.5 Å². The van der Waals surface area contributed by atoms with Crippen LogP contribution in [0.4, 0.5) is 11.5 Å². The molecule has 2 fully saturated rings. The number of benzene rings is 1. The van der Waals surface area contributed by atoms with Gasteiger partial charge in [-0.15, -0.1) is 0 Å². The van der Waals surface area contributed by atoms with E-state index in [1.54, 1.807) is 0 Å². The number of unbranched alkanes of at least 4 members (excludes halogenated alkanes) is 2. The zero-order chi connectivity index (χ0) is 35.0. The van der Waals surface area contributed by atoms with Crippen molar-refractivity contribution in [1.29, 1.82) is 0 Å². The number of piperazine rings is 1. The molecule has 3 aromatic rings. The van der Waals surface area contributed by atoms with Crippen molar-refractivity contribution in [3.05, 3.63) is 64.6 Å². The third-order valence-electron chi connectivity index (χ3n) is 10.8. The van der Waals surface area contributed by atoms with Crippen molar-refractivity contribution in [1.82, 2.24) is 24.6 Å². The zero-order valence-corrected chi connectivity index (χ0v) is 30.1. The summed E-state index contributed by atoms with van der Waals surface area (Å²) in [5.41, 5.74) is 13.0. The zero-order valence-electron chi connectivity index (χ0n) is 30.1. The van der Waals surface area contributed by atoms with Gasteiger partial charge < -0.3 is 26.0 Å². The average molecular weight is 685 g/mol. The standard InChI is InChI=1S/C39H56N8O3/c1-28-21-29(2)47(43-28)36-23-32(22-35(25-36)46-19-17-44(18-20-46)15-5-3-4-8-37(40)48)33(24-38(49)50)27-45-16-13-30(26-45)9-11-34-12-10-31-7-6-14-41-39(31)42-34/h10,12,21-23,25,30,33H,3-9,11,13-20,24,26-27H2,1-2H3,(H2,40,48)(H,41,42)(H,49,50)/t30-,33-/m1/s1. The molecule has 3 aliphatic heterocycles. The van der Waals surface area contributed by atoms with Gasteiger partial charge in [0.2, 0.25) is 5.91 Å². The molecule has 0 saturated carbocycles. The van der Waals surface area contributed by atoms with Crippen LogP contribution in [0.15, 0.2) is 36.4 Å². The summed E-state index contributed by atoms with van der Waals surface area (Å²) >= 11 is 0. The summed E-state index contributed by atoms with van der Waals surface area (Å²) in [6.45, 7) is 12.6. The predicted octanol–water partition coefficient (Wildman–Crippen LogP) is 4.92. The number of aromatic nitrogens is 3. The molecule has 3 aliphatic rings. The average Bonchev–Trinajstić information content (AvgIpc) is 3.70. The van der Waals surface area contributed by atoms with E-state index in [0.717, 1.165) is 144 Å². The molecule has 0 bridgehead atoms. The number of aryl methyl sites for hydroxylation is 4. The van der Waals surface area contributed by atoms with E-state index in [4.69, 9.17) is 15.8 Å². The van der Waals surface area contributed by atoms with Crippen LogP contribution in [0.25, 0.3) is 5.69 Å². The number of fused-ring (bicyclic) bond motifs is 1. The van der Waals surface area contributed by atoms with Gasteiger partial charge in [0.1, 0.15) is 5.82 Å². The highest BCUT2D eigenvalue weighted by Crippen LogP contribution is 2.32. The fourth-order valence-electron chi connectivity index (χ4n) is 8.07. The predicted molar refractivity (Wildman–Crippen MR) is 198 cm³/mol. The Hall–Kier alpha value is -3.96. The number of nitrogens with two attached hydrogens (primary N) is 1. The van der Waals surface area contributed by atoms with E-state index >= 15 is 0 Å². The lowest BCUT2D eigenvalue weighted by molar-refractivity contribution is -0.137. The maximum absolute atomic E-state index is 12.3. The quantitative estimate of drug-likeness (QED) is 0.180. The summed E-state index contributed by atoms with van der Waals surface area (Å²) in [6, 6.07) is 13.2. The van der Waals surface area contributed by atoms with Crippen molar-refractivity contribution in [3.8, 4) is 5.69 Å². The highest BCUT2D eigenvalue weighted by molar-refractivity contribution is 5.73. The molecule has 11 nitrogen and oxygen atoms in total. The molecule has 6 rings (SSSR count). The Morgan fingerprint density at radius 2 is 1.82 bits per heavy atom. The molecule has 4 N–H and O–H groups in total. The van der Waals surface area contributed by atoms with Crippen LogP contribution in [0.2, 0.25) is 0 Å². The Bertz CT molecular complexity index is 1610. The summed E-state index contributed by atoms with van der Waals surface area (Å²) in [5.74, 6) is 0.540. The molecule has 2 atom stereocenters. The number of primary amides is 1. The number of carboxylic acid groups (broad SMARTS) is 1. The first-order valence-corrected chi connectivity index (χ1v) is 18.8. The lowest BCUT2D eigenvalue weighted by Crippen LogP contribution is -2.46. The first kappa shape index (κ1) is 35.9. The van der Waals surface area contributed by atoms with Crippen LogP contribution in [0.5, 0.6) is 0 Å². The molecule has 0 spiro atoms. The largest absolute Gasteiger partial charge is 0.481 e. The van der Waals surface area contributed by atoms with E-state index in [-0.39, 0.29) is 18.2 Å². The van der Waals surface area contributed by atoms with Crippen LogP contribution in [-0.2, 0) is 22.4 Å². The third-order valence-corrected chi connectivity index (χ3v) is 10.8. The number of amides is 1. The monoisotopic (exact) mass is 684 g/mol. The Morgan fingerprint density at radius 3 is 2.58 bits per heavy atom. The van der Waals surface area contributed by atoms with E-state index in [0.29, 0.717) is 12.3 Å².